The van der Waals surface area contributed by atoms with Gasteiger partial charge in [0.25, 0.3) is 0 Å². The third-order valence-electron chi connectivity index (χ3n) is 6.20. The van der Waals surface area contributed by atoms with Crippen LogP contribution in [-0.2, 0) is 9.59 Å². The van der Waals surface area contributed by atoms with Crippen LogP contribution in [0.25, 0.3) is 0 Å². The topological polar surface area (TPSA) is 61.4 Å². The van der Waals surface area contributed by atoms with Crippen LogP contribution >= 0.6 is 12.4 Å². The number of rotatable bonds is 4. The van der Waals surface area contributed by atoms with Gasteiger partial charge in [-0.1, -0.05) is 25.7 Å². The molecule has 138 valence electrons. The zero-order valence-electron chi connectivity index (χ0n) is 15.0. The molecule has 0 aromatic heterocycles. The summed E-state index contributed by atoms with van der Waals surface area (Å²) in [6.45, 7) is 0.496. The molecule has 0 aromatic rings. The highest BCUT2D eigenvalue weighted by molar-refractivity contribution is 5.86. The first-order valence-corrected chi connectivity index (χ1v) is 9.27. The van der Waals surface area contributed by atoms with E-state index in [1.807, 2.05) is 14.1 Å². The molecule has 2 amide bonds. The summed E-state index contributed by atoms with van der Waals surface area (Å²) in [6, 6.07) is 0.472. The second-order valence-electron chi connectivity index (χ2n) is 8.01. The summed E-state index contributed by atoms with van der Waals surface area (Å²) in [7, 11) is 3.63. The minimum Gasteiger partial charge on any atom is -0.354 e. The van der Waals surface area contributed by atoms with Gasteiger partial charge in [-0.05, 0) is 38.0 Å². The Morgan fingerprint density at radius 2 is 1.79 bits per heavy atom. The Balaban J connectivity index is 0.00000208. The van der Waals surface area contributed by atoms with Crippen LogP contribution in [0.3, 0.4) is 0 Å². The van der Waals surface area contributed by atoms with Crippen molar-refractivity contribution >= 4 is 24.2 Å². The van der Waals surface area contributed by atoms with E-state index in [4.69, 9.17) is 0 Å². The predicted octanol–water partition coefficient (Wildman–Crippen LogP) is 2.09. The van der Waals surface area contributed by atoms with Crippen LogP contribution < -0.4 is 10.6 Å². The van der Waals surface area contributed by atoms with Crippen molar-refractivity contribution in [2.45, 2.75) is 69.9 Å². The molecule has 1 saturated heterocycles. The normalized spacial score (nSPS) is 31.0. The zero-order valence-corrected chi connectivity index (χ0v) is 15.8. The Kier molecular flexibility index (Phi) is 6.54. The molecule has 5 nitrogen and oxygen atoms in total. The highest BCUT2D eigenvalue weighted by Gasteiger charge is 2.43. The molecule has 0 bridgehead atoms. The number of hydrogen-bond acceptors (Lipinski definition) is 3. The molecular formula is C18H32ClN3O2. The summed E-state index contributed by atoms with van der Waals surface area (Å²) in [5.41, 5.74) is -0.371. The molecule has 1 aliphatic heterocycles. The summed E-state index contributed by atoms with van der Waals surface area (Å²) >= 11 is 0. The number of nitrogens with zero attached hydrogens (tertiary/aromatic N) is 1. The molecule has 0 spiro atoms. The van der Waals surface area contributed by atoms with Crippen LogP contribution in [-0.4, -0.2) is 49.4 Å². The van der Waals surface area contributed by atoms with Crippen LogP contribution in [0.1, 0.15) is 57.8 Å². The number of hydrogen-bond donors (Lipinski definition) is 2. The first-order chi connectivity index (χ1) is 11.0. The lowest BCUT2D eigenvalue weighted by Gasteiger charge is -2.31. The minimum absolute atomic E-state index is 0. The Labute approximate surface area is 151 Å². The molecule has 3 atom stereocenters. The third-order valence-corrected chi connectivity index (χ3v) is 6.20. The second kappa shape index (κ2) is 8.05. The van der Waals surface area contributed by atoms with Crippen molar-refractivity contribution in [3.05, 3.63) is 0 Å². The molecule has 3 rings (SSSR count). The summed E-state index contributed by atoms with van der Waals surface area (Å²) < 4.78 is 0. The molecule has 0 aromatic carbocycles. The minimum atomic E-state index is -0.371. The molecule has 3 aliphatic rings. The van der Waals surface area contributed by atoms with Crippen molar-refractivity contribution in [1.29, 1.82) is 0 Å². The summed E-state index contributed by atoms with van der Waals surface area (Å²) in [5.74, 6) is 0.934. The first kappa shape index (κ1) is 19.5. The van der Waals surface area contributed by atoms with E-state index in [0.29, 0.717) is 18.5 Å². The third kappa shape index (κ3) is 3.88. The van der Waals surface area contributed by atoms with E-state index in [2.05, 4.69) is 10.6 Å². The average molecular weight is 358 g/mol. The fourth-order valence-electron chi connectivity index (χ4n) is 4.89. The summed E-state index contributed by atoms with van der Waals surface area (Å²) in [5, 5.41) is 6.63. The van der Waals surface area contributed by atoms with E-state index in [1.165, 1.54) is 25.7 Å². The van der Waals surface area contributed by atoms with Crippen LogP contribution in [0.5, 0.6) is 0 Å². The quantitative estimate of drug-likeness (QED) is 0.810. The highest BCUT2D eigenvalue weighted by atomic mass is 35.5. The number of nitrogens with one attached hydrogen (secondary N) is 2. The SMILES string of the molecule is CN(C)C(=O)C1(CNC(=O)C2CC3CCCCC3N2)CCCC1.Cl. The molecule has 1 heterocycles. The van der Waals surface area contributed by atoms with E-state index in [0.717, 1.165) is 32.1 Å². The number of carbonyl (C=O) groups excluding carboxylic acids is 2. The smallest absolute Gasteiger partial charge is 0.237 e. The standard InChI is InChI=1S/C18H31N3O2.ClH/c1-21(2)17(23)18(9-5-6-10-18)12-19-16(22)15-11-13-7-3-4-8-14(13)20-15;/h13-15,20H,3-12H2,1-2H3,(H,19,22);1H. The van der Waals surface area contributed by atoms with Crippen molar-refractivity contribution in [3.63, 3.8) is 0 Å². The number of amides is 2. The van der Waals surface area contributed by atoms with Gasteiger partial charge in [0.15, 0.2) is 0 Å². The molecule has 2 aliphatic carbocycles. The van der Waals surface area contributed by atoms with Crippen LogP contribution in [0.15, 0.2) is 0 Å². The van der Waals surface area contributed by atoms with Crippen molar-refractivity contribution in [2.75, 3.05) is 20.6 Å². The maximum absolute atomic E-state index is 12.6. The molecule has 2 N–H and O–H groups in total. The van der Waals surface area contributed by atoms with Gasteiger partial charge in [0.2, 0.25) is 11.8 Å². The molecule has 2 saturated carbocycles. The zero-order chi connectivity index (χ0) is 16.4. The number of halogens is 1. The van der Waals surface area contributed by atoms with E-state index in [-0.39, 0.29) is 35.7 Å². The van der Waals surface area contributed by atoms with Gasteiger partial charge in [0.1, 0.15) is 0 Å². The monoisotopic (exact) mass is 357 g/mol. The van der Waals surface area contributed by atoms with Crippen molar-refractivity contribution in [1.82, 2.24) is 15.5 Å². The summed E-state index contributed by atoms with van der Waals surface area (Å²) in [4.78, 5) is 26.8. The van der Waals surface area contributed by atoms with Crippen LogP contribution in [0.4, 0.5) is 0 Å². The Hall–Kier alpha value is -0.810. The average Bonchev–Trinajstić information content (AvgIpc) is 3.19. The lowest BCUT2D eigenvalue weighted by molar-refractivity contribution is -0.139. The maximum Gasteiger partial charge on any atom is 0.237 e. The van der Waals surface area contributed by atoms with E-state index in [1.54, 1.807) is 4.90 Å². The maximum atomic E-state index is 12.6. The lowest BCUT2D eigenvalue weighted by Crippen LogP contribution is -2.50. The van der Waals surface area contributed by atoms with Crippen molar-refractivity contribution in [3.8, 4) is 0 Å². The Bertz CT molecular complexity index is 449. The number of carbonyl (C=O) groups is 2. The summed E-state index contributed by atoms with van der Waals surface area (Å²) in [6.07, 6.45) is 9.97. The fraction of sp³-hybridized carbons (Fsp3) is 0.889. The fourth-order valence-corrected chi connectivity index (χ4v) is 4.89. The van der Waals surface area contributed by atoms with Gasteiger partial charge in [-0.25, -0.2) is 0 Å². The lowest BCUT2D eigenvalue weighted by atomic mass is 9.84. The van der Waals surface area contributed by atoms with Gasteiger partial charge < -0.3 is 15.5 Å². The highest BCUT2D eigenvalue weighted by Crippen LogP contribution is 2.39. The van der Waals surface area contributed by atoms with Gasteiger partial charge in [-0.15, -0.1) is 12.4 Å². The molecular weight excluding hydrogens is 326 g/mol. The molecule has 0 radical (unpaired) electrons. The van der Waals surface area contributed by atoms with Gasteiger partial charge in [-0.3, -0.25) is 9.59 Å². The van der Waals surface area contributed by atoms with Crippen molar-refractivity contribution in [2.24, 2.45) is 11.3 Å². The van der Waals surface area contributed by atoms with Crippen LogP contribution in [0, 0.1) is 11.3 Å². The van der Waals surface area contributed by atoms with E-state index >= 15 is 0 Å². The van der Waals surface area contributed by atoms with Crippen molar-refractivity contribution < 1.29 is 9.59 Å². The molecule has 24 heavy (non-hydrogen) atoms. The second-order valence-corrected chi connectivity index (χ2v) is 8.01. The van der Waals surface area contributed by atoms with Gasteiger partial charge in [0.05, 0.1) is 11.5 Å². The molecule has 3 fully saturated rings. The Morgan fingerprint density at radius 3 is 2.42 bits per heavy atom. The molecule has 6 heteroatoms. The van der Waals surface area contributed by atoms with Gasteiger partial charge in [0, 0.05) is 26.7 Å². The van der Waals surface area contributed by atoms with E-state index < -0.39 is 0 Å². The van der Waals surface area contributed by atoms with Crippen LogP contribution in [0.2, 0.25) is 0 Å². The Morgan fingerprint density at radius 1 is 1.12 bits per heavy atom. The van der Waals surface area contributed by atoms with Gasteiger partial charge in [-0.2, -0.15) is 0 Å². The van der Waals surface area contributed by atoms with Gasteiger partial charge >= 0.3 is 0 Å². The first-order valence-electron chi connectivity index (χ1n) is 9.27. The van der Waals surface area contributed by atoms with E-state index in [9.17, 15) is 9.59 Å². The predicted molar refractivity (Wildman–Crippen MR) is 97.1 cm³/mol. The largest absolute Gasteiger partial charge is 0.354 e. The number of fused-ring (bicyclic) bond motifs is 1. The molecule has 3 unspecified atom stereocenters.